The standard InChI is InChI=1S/C13H14O3/c1-3-9-10(4-2)13(15)16-12-7-8(14)5-6-11(9)12/h5-7,14H,3-4H2,1-2H3. The maximum Gasteiger partial charge on any atom is 0.339 e. The Bertz CT molecular complexity index is 581. The minimum Gasteiger partial charge on any atom is -0.508 e. The molecule has 0 radical (unpaired) electrons. The van der Waals surface area contributed by atoms with E-state index in [1.54, 1.807) is 12.1 Å². The zero-order valence-electron chi connectivity index (χ0n) is 9.41. The first kappa shape index (κ1) is 10.7. The molecule has 0 amide bonds. The number of hydrogen-bond acceptors (Lipinski definition) is 3. The van der Waals surface area contributed by atoms with Crippen molar-refractivity contribution in [3.05, 3.63) is 39.7 Å². The highest BCUT2D eigenvalue weighted by Crippen LogP contribution is 2.24. The molecular formula is C13H14O3. The maximum atomic E-state index is 11.7. The predicted molar refractivity (Wildman–Crippen MR) is 62.9 cm³/mol. The molecule has 16 heavy (non-hydrogen) atoms. The van der Waals surface area contributed by atoms with E-state index in [-0.39, 0.29) is 11.4 Å². The minimum absolute atomic E-state index is 0.113. The lowest BCUT2D eigenvalue weighted by Gasteiger charge is -2.08. The van der Waals surface area contributed by atoms with E-state index in [9.17, 15) is 9.90 Å². The molecule has 0 saturated heterocycles. The van der Waals surface area contributed by atoms with E-state index in [4.69, 9.17) is 4.42 Å². The Morgan fingerprint density at radius 2 is 1.88 bits per heavy atom. The van der Waals surface area contributed by atoms with E-state index in [2.05, 4.69) is 0 Å². The molecule has 84 valence electrons. The summed E-state index contributed by atoms with van der Waals surface area (Å²) in [4.78, 5) is 11.7. The summed E-state index contributed by atoms with van der Waals surface area (Å²) in [5.74, 6) is 0.113. The van der Waals surface area contributed by atoms with Gasteiger partial charge in [-0.2, -0.15) is 0 Å². The average Bonchev–Trinajstić information content (AvgIpc) is 2.26. The maximum absolute atomic E-state index is 11.7. The molecule has 0 bridgehead atoms. The Morgan fingerprint density at radius 1 is 1.19 bits per heavy atom. The number of fused-ring (bicyclic) bond motifs is 1. The van der Waals surface area contributed by atoms with Crippen LogP contribution in [-0.2, 0) is 12.8 Å². The fourth-order valence-corrected chi connectivity index (χ4v) is 2.05. The number of phenolic OH excluding ortho intramolecular Hbond substituents is 1. The largest absolute Gasteiger partial charge is 0.508 e. The molecule has 0 aliphatic rings. The van der Waals surface area contributed by atoms with Crippen molar-refractivity contribution in [1.29, 1.82) is 0 Å². The van der Waals surface area contributed by atoms with E-state index in [0.717, 1.165) is 22.9 Å². The summed E-state index contributed by atoms with van der Waals surface area (Å²) in [6.07, 6.45) is 1.46. The van der Waals surface area contributed by atoms with Gasteiger partial charge in [0, 0.05) is 17.0 Å². The topological polar surface area (TPSA) is 50.4 Å². The van der Waals surface area contributed by atoms with Gasteiger partial charge in [-0.3, -0.25) is 0 Å². The average molecular weight is 218 g/mol. The number of aromatic hydroxyl groups is 1. The van der Waals surface area contributed by atoms with Gasteiger partial charge in [-0.05, 0) is 30.5 Å². The van der Waals surface area contributed by atoms with Crippen molar-refractivity contribution in [3.8, 4) is 5.75 Å². The van der Waals surface area contributed by atoms with E-state index in [0.29, 0.717) is 12.0 Å². The number of benzene rings is 1. The van der Waals surface area contributed by atoms with Crippen LogP contribution in [0.3, 0.4) is 0 Å². The molecule has 0 aliphatic carbocycles. The molecule has 3 nitrogen and oxygen atoms in total. The van der Waals surface area contributed by atoms with Crippen molar-refractivity contribution >= 4 is 11.0 Å². The van der Waals surface area contributed by atoms with Crippen LogP contribution in [0.25, 0.3) is 11.0 Å². The Balaban J connectivity index is 2.90. The van der Waals surface area contributed by atoms with E-state index in [1.807, 2.05) is 13.8 Å². The highest BCUT2D eigenvalue weighted by atomic mass is 16.4. The SMILES string of the molecule is CCc1c(CC)c2ccc(O)cc2oc1=O. The van der Waals surface area contributed by atoms with Crippen molar-refractivity contribution in [1.82, 2.24) is 0 Å². The van der Waals surface area contributed by atoms with Crippen molar-refractivity contribution in [3.63, 3.8) is 0 Å². The van der Waals surface area contributed by atoms with Crippen LogP contribution in [0, 0.1) is 0 Å². The molecule has 0 unspecified atom stereocenters. The van der Waals surface area contributed by atoms with Crippen LogP contribution in [0.15, 0.2) is 27.4 Å². The molecule has 0 aliphatic heterocycles. The van der Waals surface area contributed by atoms with Gasteiger partial charge >= 0.3 is 5.63 Å². The molecule has 3 heteroatoms. The van der Waals surface area contributed by atoms with Crippen molar-refractivity contribution in [2.75, 3.05) is 0 Å². The lowest BCUT2D eigenvalue weighted by Crippen LogP contribution is -2.10. The number of phenols is 1. The summed E-state index contributed by atoms with van der Waals surface area (Å²) in [7, 11) is 0. The quantitative estimate of drug-likeness (QED) is 0.788. The summed E-state index contributed by atoms with van der Waals surface area (Å²) in [5.41, 5.74) is 1.92. The summed E-state index contributed by atoms with van der Waals surface area (Å²) in [6, 6.07) is 4.89. The van der Waals surface area contributed by atoms with Crippen LogP contribution in [-0.4, -0.2) is 5.11 Å². The van der Waals surface area contributed by atoms with Crippen LogP contribution in [0.2, 0.25) is 0 Å². The number of hydrogen-bond donors (Lipinski definition) is 1. The van der Waals surface area contributed by atoms with Gasteiger partial charge in [0.15, 0.2) is 0 Å². The lowest BCUT2D eigenvalue weighted by atomic mass is 10.0. The number of aryl methyl sites for hydroxylation is 1. The first-order chi connectivity index (χ1) is 7.67. The first-order valence-corrected chi connectivity index (χ1v) is 5.45. The molecule has 1 aromatic heterocycles. The zero-order chi connectivity index (χ0) is 11.7. The van der Waals surface area contributed by atoms with Gasteiger partial charge in [-0.25, -0.2) is 4.79 Å². The second kappa shape index (κ2) is 4.00. The highest BCUT2D eigenvalue weighted by molar-refractivity contribution is 5.82. The second-order valence-corrected chi connectivity index (χ2v) is 3.73. The minimum atomic E-state index is -0.294. The molecule has 1 heterocycles. The molecule has 1 N–H and O–H groups in total. The van der Waals surface area contributed by atoms with Crippen LogP contribution in [0.4, 0.5) is 0 Å². The van der Waals surface area contributed by atoms with Crippen LogP contribution < -0.4 is 5.63 Å². The Morgan fingerprint density at radius 3 is 2.50 bits per heavy atom. The fraction of sp³-hybridized carbons (Fsp3) is 0.308. The zero-order valence-corrected chi connectivity index (χ0v) is 9.41. The molecule has 0 spiro atoms. The fourth-order valence-electron chi connectivity index (χ4n) is 2.05. The number of rotatable bonds is 2. The monoisotopic (exact) mass is 218 g/mol. The third-order valence-electron chi connectivity index (χ3n) is 2.81. The Labute approximate surface area is 93.3 Å². The molecule has 0 fully saturated rings. The van der Waals surface area contributed by atoms with Gasteiger partial charge in [0.2, 0.25) is 0 Å². The van der Waals surface area contributed by atoms with Crippen LogP contribution in [0.1, 0.15) is 25.0 Å². The third-order valence-corrected chi connectivity index (χ3v) is 2.81. The normalized spacial score (nSPS) is 10.9. The smallest absolute Gasteiger partial charge is 0.339 e. The van der Waals surface area contributed by atoms with Gasteiger partial charge in [0.25, 0.3) is 0 Å². The van der Waals surface area contributed by atoms with Crippen LogP contribution in [0.5, 0.6) is 5.75 Å². The molecular weight excluding hydrogens is 204 g/mol. The lowest BCUT2D eigenvalue weighted by molar-refractivity contribution is 0.472. The molecule has 2 aromatic rings. The first-order valence-electron chi connectivity index (χ1n) is 5.45. The van der Waals surface area contributed by atoms with Gasteiger partial charge in [0.1, 0.15) is 11.3 Å². The molecule has 0 atom stereocenters. The van der Waals surface area contributed by atoms with Crippen molar-refractivity contribution in [2.45, 2.75) is 26.7 Å². The second-order valence-electron chi connectivity index (χ2n) is 3.73. The van der Waals surface area contributed by atoms with Crippen molar-refractivity contribution in [2.24, 2.45) is 0 Å². The highest BCUT2D eigenvalue weighted by Gasteiger charge is 2.11. The van der Waals surface area contributed by atoms with E-state index < -0.39 is 0 Å². The third kappa shape index (κ3) is 1.58. The summed E-state index contributed by atoms with van der Waals surface area (Å²) in [5, 5.41) is 10.3. The summed E-state index contributed by atoms with van der Waals surface area (Å²) < 4.78 is 5.19. The van der Waals surface area contributed by atoms with Crippen molar-refractivity contribution < 1.29 is 9.52 Å². The molecule has 1 aromatic carbocycles. The summed E-state index contributed by atoms with van der Waals surface area (Å²) >= 11 is 0. The van der Waals surface area contributed by atoms with Gasteiger partial charge in [-0.15, -0.1) is 0 Å². The Hall–Kier alpha value is -1.77. The predicted octanol–water partition coefficient (Wildman–Crippen LogP) is 2.62. The van der Waals surface area contributed by atoms with Gasteiger partial charge in [-0.1, -0.05) is 13.8 Å². The molecule has 2 rings (SSSR count). The Kier molecular flexibility index (Phi) is 2.69. The van der Waals surface area contributed by atoms with E-state index in [1.165, 1.54) is 6.07 Å². The summed E-state index contributed by atoms with van der Waals surface area (Å²) in [6.45, 7) is 3.96. The van der Waals surface area contributed by atoms with Gasteiger partial charge in [0.05, 0.1) is 0 Å². The van der Waals surface area contributed by atoms with E-state index >= 15 is 0 Å². The molecule has 0 saturated carbocycles. The van der Waals surface area contributed by atoms with Crippen LogP contribution >= 0.6 is 0 Å². The van der Waals surface area contributed by atoms with Gasteiger partial charge < -0.3 is 9.52 Å².